The van der Waals surface area contributed by atoms with Crippen LogP contribution in [0.15, 0.2) is 25.7 Å². The summed E-state index contributed by atoms with van der Waals surface area (Å²) in [6.07, 6.45) is 0.791. The standard InChI is InChI=1S/2C3H8O7P2.U/c2*1-2-10-12(8,9)3(4)11(5,6)7;/h2*2-4H,1H2,(H,8,9)(H2,5,6,7);/q;;+6/p-6. The molecule has 0 spiro atoms. The quantitative estimate of drug-likeness (QED) is 0.184. The molecule has 0 aliphatic carbocycles. The molecule has 0 rings (SSSR count). The van der Waals surface area contributed by atoms with Crippen molar-refractivity contribution in [1.29, 1.82) is 0 Å². The molecule has 25 heavy (non-hydrogen) atoms. The summed E-state index contributed by atoms with van der Waals surface area (Å²) in [5, 5.41) is 16.8. The van der Waals surface area contributed by atoms with Gasteiger partial charge in [-0.2, -0.15) is 0 Å². The van der Waals surface area contributed by atoms with Crippen molar-refractivity contribution in [2.24, 2.45) is 0 Å². The van der Waals surface area contributed by atoms with Gasteiger partial charge in [-0.3, -0.25) is 9.13 Å². The summed E-state index contributed by atoms with van der Waals surface area (Å²) in [6.45, 7) is 5.62. The van der Waals surface area contributed by atoms with Gasteiger partial charge in [0.2, 0.25) is 15.2 Å². The van der Waals surface area contributed by atoms with Crippen LogP contribution in [0.25, 0.3) is 0 Å². The summed E-state index contributed by atoms with van der Waals surface area (Å²) in [7, 11) is -21.4. The summed E-state index contributed by atoms with van der Waals surface area (Å²) in [5.74, 6) is 0. The largest absolute Gasteiger partial charge is 6.00 e. The van der Waals surface area contributed by atoms with Crippen molar-refractivity contribution in [2.45, 2.75) is 11.2 Å². The summed E-state index contributed by atoms with van der Waals surface area (Å²) >= 11 is 0. The molecule has 0 saturated carbocycles. The van der Waals surface area contributed by atoms with E-state index >= 15 is 0 Å². The van der Waals surface area contributed by atoms with Crippen molar-refractivity contribution >= 4 is 30.4 Å². The van der Waals surface area contributed by atoms with E-state index in [0.717, 1.165) is 0 Å². The second kappa shape index (κ2) is 11.5. The van der Waals surface area contributed by atoms with Crippen LogP contribution < -0.4 is 29.4 Å². The molecule has 4 atom stereocenters. The topological polar surface area (TPSA) is 266 Å². The molecule has 0 heterocycles. The summed E-state index contributed by atoms with van der Waals surface area (Å²) in [4.78, 5) is 60.9. The Labute approximate surface area is 165 Å². The van der Waals surface area contributed by atoms with Gasteiger partial charge in [0, 0.05) is 0 Å². The minimum Gasteiger partial charge on any atom is -0.809 e. The van der Waals surface area contributed by atoms with Crippen LogP contribution in [0, 0.1) is 31.1 Å². The Bertz CT molecular complexity index is 567. The van der Waals surface area contributed by atoms with E-state index in [-0.39, 0.29) is 31.1 Å². The Morgan fingerprint density at radius 1 is 0.720 bits per heavy atom. The number of aliphatic hydroxyl groups is 2. The van der Waals surface area contributed by atoms with Gasteiger partial charge in [-0.05, 0) is 15.2 Å². The fourth-order valence-electron chi connectivity index (χ4n) is 0.663. The molecule has 0 fully saturated rings. The van der Waals surface area contributed by atoms with Gasteiger partial charge >= 0.3 is 31.1 Å². The SMILES string of the molecule is C=COP(=O)([O-])C(O)P(=O)([O-])[O-].C=COP(=O)([O-])C(O)P(=O)([O-])[O-].[U+6]. The van der Waals surface area contributed by atoms with Crippen molar-refractivity contribution in [3.63, 3.8) is 0 Å². The molecular weight excluding hydrogens is 658 g/mol. The fraction of sp³-hybridized carbons (Fsp3) is 0.333. The van der Waals surface area contributed by atoms with E-state index in [1.165, 1.54) is 0 Å². The predicted octanol–water partition coefficient (Wildman–Crippen LogP) is -4.22. The second-order valence-corrected chi connectivity index (χ2v) is 10.9. The van der Waals surface area contributed by atoms with Gasteiger partial charge in [0.25, 0.3) is 0 Å². The minimum absolute atomic E-state index is 0. The van der Waals surface area contributed by atoms with E-state index in [4.69, 9.17) is 10.2 Å². The molecule has 19 heteroatoms. The summed E-state index contributed by atoms with van der Waals surface area (Å²) in [6, 6.07) is 0. The zero-order valence-corrected chi connectivity index (χ0v) is 19.5. The molecule has 0 bridgehead atoms. The molecule has 0 aromatic carbocycles. The van der Waals surface area contributed by atoms with Gasteiger partial charge in [0.05, 0.1) is 12.5 Å². The van der Waals surface area contributed by atoms with E-state index in [1.54, 1.807) is 0 Å². The van der Waals surface area contributed by atoms with E-state index in [2.05, 4.69) is 22.2 Å². The summed E-state index contributed by atoms with van der Waals surface area (Å²) in [5.41, 5.74) is -6.13. The van der Waals surface area contributed by atoms with Crippen molar-refractivity contribution in [2.75, 3.05) is 0 Å². The van der Waals surface area contributed by atoms with Gasteiger partial charge in [-0.1, -0.05) is 13.2 Å². The number of aliphatic hydroxyl groups excluding tert-OH is 2. The molecule has 0 aliphatic rings. The van der Waals surface area contributed by atoms with Gasteiger partial charge in [-0.15, -0.1) is 0 Å². The molecule has 0 radical (unpaired) electrons. The van der Waals surface area contributed by atoms with Crippen LogP contribution >= 0.6 is 30.4 Å². The Kier molecular flexibility index (Phi) is 14.1. The number of hydrogen-bond acceptors (Lipinski definition) is 14. The molecular formula is C6H10O14P4U. The van der Waals surface area contributed by atoms with Gasteiger partial charge < -0.3 is 57.8 Å². The van der Waals surface area contributed by atoms with Crippen molar-refractivity contribution in [3.8, 4) is 0 Å². The van der Waals surface area contributed by atoms with E-state index in [1.807, 2.05) is 0 Å². The normalized spacial score (nSPS) is 18.6. The van der Waals surface area contributed by atoms with Gasteiger partial charge in [0.15, 0.2) is 11.2 Å². The fourth-order valence-corrected chi connectivity index (χ4v) is 4.39. The van der Waals surface area contributed by atoms with Crippen LogP contribution in [-0.2, 0) is 27.3 Å². The third kappa shape index (κ3) is 11.9. The van der Waals surface area contributed by atoms with E-state index in [0.29, 0.717) is 12.5 Å². The van der Waals surface area contributed by atoms with Crippen molar-refractivity contribution in [1.82, 2.24) is 0 Å². The molecule has 0 aromatic heterocycles. The van der Waals surface area contributed by atoms with E-state index < -0.39 is 41.6 Å². The van der Waals surface area contributed by atoms with Crippen LogP contribution in [0.2, 0.25) is 0 Å². The number of hydrogen-bond donors (Lipinski definition) is 2. The number of rotatable bonds is 8. The Morgan fingerprint density at radius 3 is 1.04 bits per heavy atom. The molecule has 4 unspecified atom stereocenters. The first kappa shape index (κ1) is 30.5. The predicted molar refractivity (Wildman–Crippen MR) is 65.0 cm³/mol. The zero-order valence-electron chi connectivity index (χ0n) is 11.8. The van der Waals surface area contributed by atoms with E-state index in [9.17, 15) is 47.6 Å². The average molecular weight is 668 g/mol. The maximum absolute atomic E-state index is 10.5. The van der Waals surface area contributed by atoms with Crippen LogP contribution in [0.5, 0.6) is 0 Å². The maximum Gasteiger partial charge on any atom is 6.00 e. The van der Waals surface area contributed by atoms with Crippen LogP contribution in [0.3, 0.4) is 0 Å². The van der Waals surface area contributed by atoms with Gasteiger partial charge in [0.1, 0.15) is 0 Å². The molecule has 0 aliphatic heterocycles. The van der Waals surface area contributed by atoms with Crippen LogP contribution in [0.1, 0.15) is 0 Å². The third-order valence-corrected chi connectivity index (χ3v) is 8.12. The molecule has 142 valence electrons. The zero-order chi connectivity index (χ0) is 20.0. The first-order chi connectivity index (χ1) is 10.4. The third-order valence-electron chi connectivity index (χ3n) is 1.57. The molecule has 0 saturated heterocycles. The van der Waals surface area contributed by atoms with Gasteiger partial charge in [-0.25, -0.2) is 0 Å². The smallest absolute Gasteiger partial charge is 0.809 e. The Hall–Kier alpha value is 0.732. The van der Waals surface area contributed by atoms with Crippen molar-refractivity contribution in [3.05, 3.63) is 25.7 Å². The van der Waals surface area contributed by atoms with Crippen LogP contribution in [-0.4, -0.2) is 21.4 Å². The maximum atomic E-state index is 10.5. The minimum atomic E-state index is -5.60. The molecule has 0 amide bonds. The molecule has 0 aromatic rings. The van der Waals surface area contributed by atoms with Crippen molar-refractivity contribution < 1.29 is 98.0 Å². The first-order valence-corrected chi connectivity index (χ1v) is 11.5. The summed E-state index contributed by atoms with van der Waals surface area (Å²) < 4.78 is 48.3. The Morgan fingerprint density at radius 2 is 0.920 bits per heavy atom. The second-order valence-electron chi connectivity index (χ2n) is 3.40. The molecule has 2 N–H and O–H groups in total. The monoisotopic (exact) mass is 668 g/mol. The Balaban J connectivity index is -0.000000372. The average Bonchev–Trinajstić information content (AvgIpc) is 2.35. The first-order valence-electron chi connectivity index (χ1n) is 5.03. The molecule has 14 nitrogen and oxygen atoms in total. The van der Waals surface area contributed by atoms with Crippen LogP contribution in [0.4, 0.5) is 0 Å².